The van der Waals surface area contributed by atoms with E-state index in [4.69, 9.17) is 5.84 Å². The first-order valence-electron chi connectivity index (χ1n) is 5.01. The molecule has 1 saturated heterocycles. The summed E-state index contributed by atoms with van der Waals surface area (Å²) in [6, 6.07) is 0.436. The van der Waals surface area contributed by atoms with Gasteiger partial charge >= 0.3 is 0 Å². The van der Waals surface area contributed by atoms with E-state index in [1.54, 1.807) is 0 Å². The molecular weight excluding hydrogens is 180 g/mol. The fourth-order valence-corrected chi connectivity index (χ4v) is 3.02. The Morgan fingerprint density at radius 1 is 1.54 bits per heavy atom. The van der Waals surface area contributed by atoms with Gasteiger partial charge in [0, 0.05) is 6.04 Å². The second-order valence-electron chi connectivity index (χ2n) is 3.68. The van der Waals surface area contributed by atoms with Crippen molar-refractivity contribution < 1.29 is 0 Å². The molecule has 3 N–H and O–H groups in total. The molecule has 0 spiro atoms. The summed E-state index contributed by atoms with van der Waals surface area (Å²) < 4.78 is 0. The van der Waals surface area contributed by atoms with Crippen molar-refractivity contribution in [3.8, 4) is 0 Å². The van der Waals surface area contributed by atoms with Crippen LogP contribution in [0.5, 0.6) is 0 Å². The Morgan fingerprint density at radius 3 is 2.77 bits per heavy atom. The van der Waals surface area contributed by atoms with E-state index in [1.807, 2.05) is 6.08 Å². The second kappa shape index (κ2) is 6.46. The van der Waals surface area contributed by atoms with E-state index in [-0.39, 0.29) is 0 Å². The summed E-state index contributed by atoms with van der Waals surface area (Å²) >= 11 is 2.07. The molecule has 2 nitrogen and oxygen atoms in total. The lowest BCUT2D eigenvalue weighted by molar-refractivity contribution is 0.369. The van der Waals surface area contributed by atoms with Gasteiger partial charge in [-0.15, -0.1) is 6.58 Å². The van der Waals surface area contributed by atoms with E-state index in [2.05, 4.69) is 23.8 Å². The van der Waals surface area contributed by atoms with Crippen LogP contribution in [0.15, 0.2) is 12.7 Å². The minimum Gasteiger partial charge on any atom is -0.271 e. The fourth-order valence-electron chi connectivity index (χ4n) is 1.82. The van der Waals surface area contributed by atoms with Crippen molar-refractivity contribution in [3.05, 3.63) is 12.7 Å². The third-order valence-corrected chi connectivity index (χ3v) is 3.69. The number of thioether (sulfide) groups is 1. The molecule has 0 aromatic heterocycles. The van der Waals surface area contributed by atoms with Crippen LogP contribution in [-0.4, -0.2) is 17.5 Å². The molecule has 13 heavy (non-hydrogen) atoms. The number of hydrazine groups is 1. The number of nitrogens with one attached hydrogen (secondary N) is 1. The second-order valence-corrected chi connectivity index (χ2v) is 4.90. The normalized spacial score (nSPS) is 21.3. The quantitative estimate of drug-likeness (QED) is 0.404. The number of nitrogens with two attached hydrogens (primary N) is 1. The van der Waals surface area contributed by atoms with Gasteiger partial charge in [0.1, 0.15) is 0 Å². The zero-order chi connectivity index (χ0) is 9.52. The first-order chi connectivity index (χ1) is 6.36. The molecule has 1 aliphatic heterocycles. The molecular formula is C10H20N2S. The predicted octanol–water partition coefficient (Wildman–Crippen LogP) is 1.93. The lowest BCUT2D eigenvalue weighted by Gasteiger charge is -2.25. The van der Waals surface area contributed by atoms with Crippen LogP contribution in [0.3, 0.4) is 0 Å². The first-order valence-corrected chi connectivity index (χ1v) is 6.17. The smallest absolute Gasteiger partial charge is 0.0247 e. The molecule has 0 aliphatic carbocycles. The number of hydrogen-bond donors (Lipinski definition) is 2. The fraction of sp³-hybridized carbons (Fsp3) is 0.800. The highest BCUT2D eigenvalue weighted by molar-refractivity contribution is 7.99. The minimum atomic E-state index is 0.436. The van der Waals surface area contributed by atoms with Crippen LogP contribution < -0.4 is 11.3 Å². The Balaban J connectivity index is 2.22. The molecule has 0 bridgehead atoms. The van der Waals surface area contributed by atoms with Crippen molar-refractivity contribution in [3.63, 3.8) is 0 Å². The van der Waals surface area contributed by atoms with Crippen molar-refractivity contribution in [1.82, 2.24) is 5.43 Å². The molecule has 1 atom stereocenters. The summed E-state index contributed by atoms with van der Waals surface area (Å²) in [5.74, 6) is 9.01. The molecule has 0 aromatic rings. The molecule has 0 radical (unpaired) electrons. The third-order valence-electron chi connectivity index (χ3n) is 2.65. The van der Waals surface area contributed by atoms with Gasteiger partial charge < -0.3 is 0 Å². The lowest BCUT2D eigenvalue weighted by Crippen LogP contribution is -2.36. The van der Waals surface area contributed by atoms with Gasteiger partial charge in [-0.3, -0.25) is 11.3 Å². The van der Waals surface area contributed by atoms with E-state index >= 15 is 0 Å². The summed E-state index contributed by atoms with van der Waals surface area (Å²) in [6.45, 7) is 3.74. The third kappa shape index (κ3) is 4.16. The van der Waals surface area contributed by atoms with E-state index in [1.165, 1.54) is 30.8 Å². The van der Waals surface area contributed by atoms with E-state index in [0.29, 0.717) is 6.04 Å². The number of hydrogen-bond acceptors (Lipinski definition) is 3. The number of rotatable bonds is 5. The molecule has 1 rings (SSSR count). The van der Waals surface area contributed by atoms with Gasteiger partial charge in [-0.1, -0.05) is 6.08 Å². The average Bonchev–Trinajstić information content (AvgIpc) is 2.19. The van der Waals surface area contributed by atoms with Gasteiger partial charge in [0.2, 0.25) is 0 Å². The predicted molar refractivity (Wildman–Crippen MR) is 60.6 cm³/mol. The van der Waals surface area contributed by atoms with Crippen LogP contribution >= 0.6 is 11.8 Å². The molecule has 0 saturated carbocycles. The summed E-state index contributed by atoms with van der Waals surface area (Å²) in [4.78, 5) is 0. The summed E-state index contributed by atoms with van der Waals surface area (Å²) in [5, 5.41) is 0. The maximum Gasteiger partial charge on any atom is 0.0247 e. The van der Waals surface area contributed by atoms with Gasteiger partial charge in [0.05, 0.1) is 0 Å². The highest BCUT2D eigenvalue weighted by atomic mass is 32.2. The van der Waals surface area contributed by atoms with E-state index in [0.717, 1.165) is 12.3 Å². The maximum atomic E-state index is 5.47. The van der Waals surface area contributed by atoms with E-state index in [9.17, 15) is 0 Å². The van der Waals surface area contributed by atoms with Crippen molar-refractivity contribution in [2.24, 2.45) is 11.8 Å². The van der Waals surface area contributed by atoms with E-state index < -0.39 is 0 Å². The Morgan fingerprint density at radius 2 is 2.23 bits per heavy atom. The molecule has 1 heterocycles. The van der Waals surface area contributed by atoms with Gasteiger partial charge in [-0.05, 0) is 43.1 Å². The van der Waals surface area contributed by atoms with Crippen LogP contribution in [0.25, 0.3) is 0 Å². The largest absolute Gasteiger partial charge is 0.271 e. The lowest BCUT2D eigenvalue weighted by atomic mass is 9.93. The van der Waals surface area contributed by atoms with Crippen molar-refractivity contribution in [1.29, 1.82) is 0 Å². The van der Waals surface area contributed by atoms with Crippen LogP contribution in [0.1, 0.15) is 25.7 Å². The van der Waals surface area contributed by atoms with Gasteiger partial charge in [-0.2, -0.15) is 11.8 Å². The zero-order valence-corrected chi connectivity index (χ0v) is 8.98. The topological polar surface area (TPSA) is 38.0 Å². The van der Waals surface area contributed by atoms with Crippen molar-refractivity contribution in [2.45, 2.75) is 31.7 Å². The minimum absolute atomic E-state index is 0.436. The maximum absolute atomic E-state index is 5.47. The van der Waals surface area contributed by atoms with Crippen molar-refractivity contribution in [2.75, 3.05) is 11.5 Å². The Hall–Kier alpha value is 0.01000. The highest BCUT2D eigenvalue weighted by Gasteiger charge is 2.17. The van der Waals surface area contributed by atoms with Gasteiger partial charge in [-0.25, -0.2) is 0 Å². The summed E-state index contributed by atoms with van der Waals surface area (Å²) in [5.41, 5.74) is 2.87. The molecule has 3 heteroatoms. The highest BCUT2D eigenvalue weighted by Crippen LogP contribution is 2.26. The zero-order valence-electron chi connectivity index (χ0n) is 8.17. The summed E-state index contributed by atoms with van der Waals surface area (Å²) in [7, 11) is 0. The Bertz CT molecular complexity index is 144. The standard InChI is InChI=1S/C10H20N2S/c1-2-3-10(12-11)8-9-4-6-13-7-5-9/h2,9-10,12H,1,3-8,11H2. The molecule has 1 aliphatic rings. The molecule has 76 valence electrons. The van der Waals surface area contributed by atoms with Crippen LogP contribution in [0.2, 0.25) is 0 Å². The Labute approximate surface area is 85.3 Å². The Kier molecular flexibility index (Phi) is 5.51. The van der Waals surface area contributed by atoms with Crippen LogP contribution in [-0.2, 0) is 0 Å². The van der Waals surface area contributed by atoms with Gasteiger partial charge in [0.15, 0.2) is 0 Å². The SMILES string of the molecule is C=CCC(CC1CCSCC1)NN. The average molecular weight is 200 g/mol. The van der Waals surface area contributed by atoms with Crippen LogP contribution in [0, 0.1) is 5.92 Å². The van der Waals surface area contributed by atoms with Crippen LogP contribution in [0.4, 0.5) is 0 Å². The monoisotopic (exact) mass is 200 g/mol. The molecule has 0 amide bonds. The summed E-state index contributed by atoms with van der Waals surface area (Å²) in [6.07, 6.45) is 6.87. The van der Waals surface area contributed by atoms with Gasteiger partial charge in [0.25, 0.3) is 0 Å². The molecule has 1 fully saturated rings. The molecule has 1 unspecified atom stereocenters. The van der Waals surface area contributed by atoms with Crippen molar-refractivity contribution >= 4 is 11.8 Å². The molecule has 0 aromatic carbocycles. The first kappa shape index (κ1) is 11.1.